The molecule has 84 valence electrons. The number of aliphatic hydroxyl groups is 1. The standard InChI is InChI=1S/C12H20N2O/c1-3-4-10(7-13)12(15)11-6-5-9(2)14-8-11/h5-6,8,10,12,15H,3-4,7,13H2,1-2H3. The van der Waals surface area contributed by atoms with Gasteiger partial charge in [-0.1, -0.05) is 19.4 Å². The van der Waals surface area contributed by atoms with E-state index in [0.717, 1.165) is 24.1 Å². The van der Waals surface area contributed by atoms with Crippen molar-refractivity contribution in [1.82, 2.24) is 4.98 Å². The molecular weight excluding hydrogens is 188 g/mol. The fourth-order valence-corrected chi connectivity index (χ4v) is 1.70. The molecule has 2 atom stereocenters. The van der Waals surface area contributed by atoms with Crippen molar-refractivity contribution < 1.29 is 5.11 Å². The summed E-state index contributed by atoms with van der Waals surface area (Å²) in [6, 6.07) is 3.84. The summed E-state index contributed by atoms with van der Waals surface area (Å²) in [7, 11) is 0. The van der Waals surface area contributed by atoms with E-state index in [1.54, 1.807) is 6.20 Å². The molecule has 3 N–H and O–H groups in total. The molecule has 1 aromatic rings. The maximum Gasteiger partial charge on any atom is 0.0845 e. The zero-order valence-electron chi connectivity index (χ0n) is 9.48. The molecule has 1 heterocycles. The van der Waals surface area contributed by atoms with E-state index < -0.39 is 6.10 Å². The third kappa shape index (κ3) is 3.29. The Hall–Kier alpha value is -0.930. The highest BCUT2D eigenvalue weighted by molar-refractivity contribution is 5.16. The number of aliphatic hydroxyl groups excluding tert-OH is 1. The van der Waals surface area contributed by atoms with Gasteiger partial charge in [-0.3, -0.25) is 4.98 Å². The van der Waals surface area contributed by atoms with E-state index in [1.807, 2.05) is 19.1 Å². The van der Waals surface area contributed by atoms with E-state index in [1.165, 1.54) is 0 Å². The molecule has 0 radical (unpaired) electrons. The molecule has 0 saturated heterocycles. The zero-order chi connectivity index (χ0) is 11.3. The van der Waals surface area contributed by atoms with Gasteiger partial charge in [-0.15, -0.1) is 0 Å². The minimum atomic E-state index is -0.483. The molecule has 0 aliphatic heterocycles. The second-order valence-corrected chi connectivity index (χ2v) is 3.96. The minimum absolute atomic E-state index is 0.138. The van der Waals surface area contributed by atoms with Gasteiger partial charge in [0.2, 0.25) is 0 Å². The van der Waals surface area contributed by atoms with Gasteiger partial charge in [-0.25, -0.2) is 0 Å². The summed E-state index contributed by atoms with van der Waals surface area (Å²) in [4.78, 5) is 4.18. The van der Waals surface area contributed by atoms with Crippen LogP contribution in [0.4, 0.5) is 0 Å². The third-order valence-corrected chi connectivity index (χ3v) is 2.68. The highest BCUT2D eigenvalue weighted by atomic mass is 16.3. The van der Waals surface area contributed by atoms with Crippen molar-refractivity contribution in [3.8, 4) is 0 Å². The fraction of sp³-hybridized carbons (Fsp3) is 0.583. The number of aryl methyl sites for hydroxylation is 1. The van der Waals surface area contributed by atoms with Crippen molar-refractivity contribution in [2.75, 3.05) is 6.54 Å². The predicted octanol–water partition coefficient (Wildman–Crippen LogP) is 1.80. The molecule has 0 amide bonds. The van der Waals surface area contributed by atoms with Gasteiger partial charge in [0.1, 0.15) is 0 Å². The highest BCUT2D eigenvalue weighted by Crippen LogP contribution is 2.24. The molecule has 0 fully saturated rings. The number of hydrogen-bond acceptors (Lipinski definition) is 3. The van der Waals surface area contributed by atoms with E-state index in [0.29, 0.717) is 6.54 Å². The van der Waals surface area contributed by atoms with E-state index in [2.05, 4.69) is 11.9 Å². The van der Waals surface area contributed by atoms with Gasteiger partial charge in [0.15, 0.2) is 0 Å². The maximum atomic E-state index is 10.1. The van der Waals surface area contributed by atoms with Crippen molar-refractivity contribution in [3.63, 3.8) is 0 Å². The van der Waals surface area contributed by atoms with Gasteiger partial charge in [-0.2, -0.15) is 0 Å². The van der Waals surface area contributed by atoms with Crippen molar-refractivity contribution in [3.05, 3.63) is 29.6 Å². The van der Waals surface area contributed by atoms with Crippen LogP contribution in [0.25, 0.3) is 0 Å². The molecule has 0 aliphatic carbocycles. The number of nitrogens with zero attached hydrogens (tertiary/aromatic N) is 1. The second kappa shape index (κ2) is 5.83. The Kier molecular flexibility index (Phi) is 4.72. The van der Waals surface area contributed by atoms with E-state index in [4.69, 9.17) is 5.73 Å². The summed E-state index contributed by atoms with van der Waals surface area (Å²) in [5.41, 5.74) is 7.48. The summed E-state index contributed by atoms with van der Waals surface area (Å²) < 4.78 is 0. The van der Waals surface area contributed by atoms with Crippen LogP contribution in [0.1, 0.15) is 37.1 Å². The Balaban J connectivity index is 2.73. The van der Waals surface area contributed by atoms with E-state index >= 15 is 0 Å². The first-order valence-corrected chi connectivity index (χ1v) is 5.49. The Labute approximate surface area is 91.3 Å². The molecule has 3 heteroatoms. The largest absolute Gasteiger partial charge is 0.388 e. The first kappa shape index (κ1) is 12.1. The van der Waals surface area contributed by atoms with Gasteiger partial charge in [0.05, 0.1) is 6.10 Å². The summed E-state index contributed by atoms with van der Waals surface area (Å²) in [5.74, 6) is 0.138. The van der Waals surface area contributed by atoms with Gasteiger partial charge >= 0.3 is 0 Å². The van der Waals surface area contributed by atoms with Crippen molar-refractivity contribution in [2.45, 2.75) is 32.8 Å². The maximum absolute atomic E-state index is 10.1. The molecule has 0 aromatic carbocycles. The average Bonchev–Trinajstić information content (AvgIpc) is 2.26. The van der Waals surface area contributed by atoms with Crippen LogP contribution in [-0.4, -0.2) is 16.6 Å². The van der Waals surface area contributed by atoms with Crippen LogP contribution in [0.3, 0.4) is 0 Å². The Morgan fingerprint density at radius 2 is 2.20 bits per heavy atom. The third-order valence-electron chi connectivity index (χ3n) is 2.68. The lowest BCUT2D eigenvalue weighted by atomic mass is 9.93. The lowest BCUT2D eigenvalue weighted by molar-refractivity contribution is 0.106. The lowest BCUT2D eigenvalue weighted by Crippen LogP contribution is -2.22. The first-order valence-electron chi connectivity index (χ1n) is 5.49. The predicted molar refractivity (Wildman–Crippen MR) is 61.4 cm³/mol. The molecule has 0 saturated carbocycles. The smallest absolute Gasteiger partial charge is 0.0845 e. The Morgan fingerprint density at radius 1 is 1.47 bits per heavy atom. The lowest BCUT2D eigenvalue weighted by Gasteiger charge is -2.20. The summed E-state index contributed by atoms with van der Waals surface area (Å²) in [6.45, 7) is 4.55. The Bertz CT molecular complexity index is 284. The SMILES string of the molecule is CCCC(CN)C(O)c1ccc(C)nc1. The average molecular weight is 208 g/mol. The van der Waals surface area contributed by atoms with Crippen LogP contribution in [-0.2, 0) is 0 Å². The molecule has 0 spiro atoms. The van der Waals surface area contributed by atoms with Gasteiger partial charge in [-0.05, 0) is 31.5 Å². The van der Waals surface area contributed by atoms with Crippen molar-refractivity contribution >= 4 is 0 Å². The quantitative estimate of drug-likeness (QED) is 0.775. The molecule has 15 heavy (non-hydrogen) atoms. The number of rotatable bonds is 5. The van der Waals surface area contributed by atoms with Crippen LogP contribution in [0.15, 0.2) is 18.3 Å². The summed E-state index contributed by atoms with van der Waals surface area (Å²) in [6.07, 6.45) is 3.24. The monoisotopic (exact) mass is 208 g/mol. The summed E-state index contributed by atoms with van der Waals surface area (Å²) >= 11 is 0. The normalized spacial score (nSPS) is 14.9. The number of pyridine rings is 1. The van der Waals surface area contributed by atoms with Crippen molar-refractivity contribution in [1.29, 1.82) is 0 Å². The number of hydrogen-bond donors (Lipinski definition) is 2. The van der Waals surface area contributed by atoms with Crippen LogP contribution in [0, 0.1) is 12.8 Å². The molecule has 2 unspecified atom stereocenters. The molecule has 1 aromatic heterocycles. The zero-order valence-corrected chi connectivity index (χ0v) is 9.48. The van der Waals surface area contributed by atoms with Gasteiger partial charge in [0.25, 0.3) is 0 Å². The topological polar surface area (TPSA) is 59.1 Å². The number of aromatic nitrogens is 1. The van der Waals surface area contributed by atoms with Crippen LogP contribution in [0.5, 0.6) is 0 Å². The molecule has 0 aliphatic rings. The molecule has 0 bridgehead atoms. The van der Waals surface area contributed by atoms with Crippen LogP contribution < -0.4 is 5.73 Å². The summed E-state index contributed by atoms with van der Waals surface area (Å²) in [5, 5.41) is 10.1. The number of nitrogens with two attached hydrogens (primary N) is 1. The fourth-order valence-electron chi connectivity index (χ4n) is 1.70. The Morgan fingerprint density at radius 3 is 2.67 bits per heavy atom. The first-order chi connectivity index (χ1) is 7.19. The molecule has 3 nitrogen and oxygen atoms in total. The second-order valence-electron chi connectivity index (χ2n) is 3.96. The molecule has 1 rings (SSSR count). The molecular formula is C12H20N2O. The van der Waals surface area contributed by atoms with E-state index in [9.17, 15) is 5.11 Å². The van der Waals surface area contributed by atoms with Crippen LogP contribution in [0.2, 0.25) is 0 Å². The minimum Gasteiger partial charge on any atom is -0.388 e. The van der Waals surface area contributed by atoms with Crippen LogP contribution >= 0.6 is 0 Å². The van der Waals surface area contributed by atoms with Gasteiger partial charge < -0.3 is 10.8 Å². The van der Waals surface area contributed by atoms with Crippen molar-refractivity contribution in [2.24, 2.45) is 11.7 Å². The van der Waals surface area contributed by atoms with Gasteiger partial charge in [0, 0.05) is 17.8 Å². The van der Waals surface area contributed by atoms with E-state index in [-0.39, 0.29) is 5.92 Å². The highest BCUT2D eigenvalue weighted by Gasteiger charge is 2.18.